The van der Waals surface area contributed by atoms with Gasteiger partial charge in [-0.1, -0.05) is 32.1 Å². The van der Waals surface area contributed by atoms with Crippen LogP contribution in [0.1, 0.15) is 62.0 Å². The van der Waals surface area contributed by atoms with Crippen LogP contribution in [0.2, 0.25) is 0 Å². The number of nitrogens with zero attached hydrogens (tertiary/aromatic N) is 7. The predicted octanol–water partition coefficient (Wildman–Crippen LogP) is 6.67. The molecule has 5 aromatic rings. The van der Waals surface area contributed by atoms with Gasteiger partial charge in [-0.3, -0.25) is 9.97 Å². The van der Waals surface area contributed by atoms with E-state index in [-0.39, 0.29) is 29.2 Å². The third-order valence-corrected chi connectivity index (χ3v) is 7.86. The van der Waals surface area contributed by atoms with Gasteiger partial charge in [0.2, 0.25) is 0 Å². The smallest absolute Gasteiger partial charge is 0.263 e. The number of halogens is 3. The average Bonchev–Trinajstić information content (AvgIpc) is 3.68. The number of nitriles is 2. The molecule has 0 bridgehead atoms. The summed E-state index contributed by atoms with van der Waals surface area (Å²) in [4.78, 5) is 8.47. The summed E-state index contributed by atoms with van der Waals surface area (Å²) < 4.78 is 43.9. The molecule has 0 amide bonds. The Morgan fingerprint density at radius 2 is 1.80 bits per heavy atom. The van der Waals surface area contributed by atoms with Crippen LogP contribution in [0, 0.1) is 33.9 Å². The van der Waals surface area contributed by atoms with Crippen LogP contribution in [-0.4, -0.2) is 37.9 Å². The molecular weight excluding hydrogens is 567 g/mol. The van der Waals surface area contributed by atoms with E-state index < -0.39 is 23.8 Å². The minimum Gasteiger partial charge on any atom is -0.383 e. The molecule has 0 unspecified atom stereocenters. The third kappa shape index (κ3) is 5.13. The molecule has 2 N–H and O–H groups in total. The van der Waals surface area contributed by atoms with Gasteiger partial charge in [-0.25, -0.2) is 17.9 Å². The quantitative estimate of drug-likeness (QED) is 0.204. The van der Waals surface area contributed by atoms with Gasteiger partial charge in [0.15, 0.2) is 0 Å². The molecule has 1 atom stereocenters. The summed E-state index contributed by atoms with van der Waals surface area (Å²) in [5.74, 6) is -0.462. The highest BCUT2D eigenvalue weighted by Crippen LogP contribution is 2.48. The van der Waals surface area contributed by atoms with Gasteiger partial charge in [-0.2, -0.15) is 10.5 Å². The Labute approximate surface area is 251 Å². The predicted molar refractivity (Wildman–Crippen MR) is 160 cm³/mol. The van der Waals surface area contributed by atoms with Crippen molar-refractivity contribution in [1.29, 1.82) is 10.5 Å². The lowest BCUT2D eigenvalue weighted by Crippen LogP contribution is -2.26. The maximum absolute atomic E-state index is 14.8. The molecule has 222 valence electrons. The molecule has 1 saturated carbocycles. The molecule has 44 heavy (non-hydrogen) atoms. The number of hydrogen-bond donors (Lipinski definition) is 2. The summed E-state index contributed by atoms with van der Waals surface area (Å²) in [5, 5.41) is 36.5. The van der Waals surface area contributed by atoms with Crippen molar-refractivity contribution in [1.82, 2.24) is 25.0 Å². The standard InChI is InChI=1S/C32H28F3N9/c1-31(2,3)17-40-28-19(13-37)14-39-27-18(12-36)10-20(11-23(27)28)41-29(22-4-5-25(33)24-15-38-9-6-21(22)24)26-16-44(43-42-26)32(7-8-32)30(34)35/h4-6,9-11,14-16,29-30,41H,7-8,17H2,1-3H3,(H,39,40)/t29-/m0/s1. The lowest BCUT2D eigenvalue weighted by molar-refractivity contribution is 0.0593. The van der Waals surface area contributed by atoms with E-state index in [2.05, 4.69) is 63.8 Å². The van der Waals surface area contributed by atoms with Crippen molar-refractivity contribution < 1.29 is 13.2 Å². The molecule has 3 heterocycles. The molecule has 2 aromatic carbocycles. The molecule has 6 rings (SSSR count). The SMILES string of the molecule is CC(C)(C)CNc1c(C#N)cnc2c(C#N)cc(N[C@H](c3cn(C4(C(F)F)CC4)nn3)c3ccc(F)c4cnccc34)cc12. The van der Waals surface area contributed by atoms with Crippen LogP contribution < -0.4 is 10.6 Å². The average molecular weight is 596 g/mol. The van der Waals surface area contributed by atoms with Crippen molar-refractivity contribution in [2.24, 2.45) is 5.41 Å². The summed E-state index contributed by atoms with van der Waals surface area (Å²) in [7, 11) is 0. The van der Waals surface area contributed by atoms with Crippen LogP contribution in [0.4, 0.5) is 24.5 Å². The maximum atomic E-state index is 14.8. The Bertz CT molecular complexity index is 1980. The summed E-state index contributed by atoms with van der Waals surface area (Å²) in [6, 6.07) is 11.6. The zero-order valence-corrected chi connectivity index (χ0v) is 24.2. The van der Waals surface area contributed by atoms with Gasteiger partial charge in [-0.05, 0) is 53.5 Å². The fraction of sp³-hybridized carbons (Fsp3) is 0.312. The Hall–Kier alpha value is -5.23. The zero-order chi connectivity index (χ0) is 31.2. The summed E-state index contributed by atoms with van der Waals surface area (Å²) in [6.45, 7) is 6.73. The second-order valence-electron chi connectivity index (χ2n) is 12.2. The first-order valence-corrected chi connectivity index (χ1v) is 14.0. The molecule has 1 aliphatic carbocycles. The third-order valence-electron chi connectivity index (χ3n) is 7.86. The van der Waals surface area contributed by atoms with E-state index in [0.29, 0.717) is 51.0 Å². The van der Waals surface area contributed by atoms with Crippen LogP contribution in [0.15, 0.2) is 55.1 Å². The number of benzene rings is 2. The van der Waals surface area contributed by atoms with E-state index in [9.17, 15) is 23.7 Å². The van der Waals surface area contributed by atoms with Gasteiger partial charge in [0.25, 0.3) is 6.43 Å². The molecule has 1 aliphatic rings. The van der Waals surface area contributed by atoms with Gasteiger partial charge < -0.3 is 10.6 Å². The van der Waals surface area contributed by atoms with Crippen LogP contribution in [0.3, 0.4) is 0 Å². The first-order valence-electron chi connectivity index (χ1n) is 14.0. The second-order valence-corrected chi connectivity index (χ2v) is 12.2. The number of aromatic nitrogens is 5. The highest BCUT2D eigenvalue weighted by atomic mass is 19.3. The summed E-state index contributed by atoms with van der Waals surface area (Å²) in [5.41, 5.74) is 1.45. The van der Waals surface area contributed by atoms with Gasteiger partial charge in [0, 0.05) is 41.6 Å². The maximum Gasteiger partial charge on any atom is 0.263 e. The van der Waals surface area contributed by atoms with E-state index >= 15 is 0 Å². The second kappa shape index (κ2) is 10.8. The number of hydrogen-bond acceptors (Lipinski definition) is 8. The van der Waals surface area contributed by atoms with E-state index in [4.69, 9.17) is 0 Å². The highest BCUT2D eigenvalue weighted by Gasteiger charge is 2.54. The lowest BCUT2D eigenvalue weighted by atomic mass is 9.96. The minimum atomic E-state index is -2.61. The van der Waals surface area contributed by atoms with Gasteiger partial charge in [0.05, 0.1) is 34.6 Å². The van der Waals surface area contributed by atoms with Crippen LogP contribution >= 0.6 is 0 Å². The number of fused-ring (bicyclic) bond motifs is 2. The zero-order valence-electron chi connectivity index (χ0n) is 24.2. The van der Waals surface area contributed by atoms with E-state index in [1.54, 1.807) is 30.5 Å². The van der Waals surface area contributed by atoms with E-state index in [1.807, 2.05) is 0 Å². The van der Waals surface area contributed by atoms with Gasteiger partial charge in [-0.15, -0.1) is 5.10 Å². The van der Waals surface area contributed by atoms with Crippen molar-refractivity contribution >= 4 is 33.1 Å². The molecule has 0 aliphatic heterocycles. The number of rotatable bonds is 8. The molecule has 0 saturated heterocycles. The molecule has 1 fully saturated rings. The largest absolute Gasteiger partial charge is 0.383 e. The summed E-state index contributed by atoms with van der Waals surface area (Å²) in [6.07, 6.45) is 3.85. The molecule has 12 heteroatoms. The number of pyridine rings is 2. The van der Waals surface area contributed by atoms with Gasteiger partial charge in [0.1, 0.15) is 29.2 Å². The van der Waals surface area contributed by atoms with Crippen molar-refractivity contribution in [3.05, 3.63) is 83.3 Å². The molecular formula is C32H28F3N9. The van der Waals surface area contributed by atoms with Crippen molar-refractivity contribution in [3.63, 3.8) is 0 Å². The van der Waals surface area contributed by atoms with Crippen LogP contribution in [-0.2, 0) is 5.54 Å². The number of alkyl halides is 2. The number of nitrogens with one attached hydrogen (secondary N) is 2. The first-order chi connectivity index (χ1) is 21.0. The summed E-state index contributed by atoms with van der Waals surface area (Å²) >= 11 is 0. The highest BCUT2D eigenvalue weighted by molar-refractivity contribution is 5.99. The molecule has 3 aromatic heterocycles. The number of anilines is 2. The monoisotopic (exact) mass is 595 g/mol. The van der Waals surface area contributed by atoms with Crippen LogP contribution in [0.25, 0.3) is 21.7 Å². The molecule has 9 nitrogen and oxygen atoms in total. The fourth-order valence-electron chi connectivity index (χ4n) is 5.31. The van der Waals surface area contributed by atoms with Gasteiger partial charge >= 0.3 is 0 Å². The van der Waals surface area contributed by atoms with Crippen LogP contribution in [0.5, 0.6) is 0 Å². The topological polar surface area (TPSA) is 128 Å². The van der Waals surface area contributed by atoms with E-state index in [1.165, 1.54) is 29.3 Å². The normalized spacial score (nSPS) is 14.8. The minimum absolute atomic E-state index is 0.108. The van der Waals surface area contributed by atoms with E-state index in [0.717, 1.165) is 0 Å². The van der Waals surface area contributed by atoms with Crippen molar-refractivity contribution in [2.75, 3.05) is 17.2 Å². The molecule has 0 radical (unpaired) electrons. The first kappa shape index (κ1) is 28.9. The fourth-order valence-corrected chi connectivity index (χ4v) is 5.31. The van der Waals surface area contributed by atoms with Crippen molar-refractivity contribution in [2.45, 2.75) is 51.6 Å². The Balaban J connectivity index is 1.52. The lowest BCUT2D eigenvalue weighted by Gasteiger charge is -2.23. The Morgan fingerprint density at radius 1 is 1.02 bits per heavy atom. The molecule has 0 spiro atoms. The van der Waals surface area contributed by atoms with Crippen molar-refractivity contribution in [3.8, 4) is 12.1 Å². The Morgan fingerprint density at radius 3 is 2.48 bits per heavy atom. The Kier molecular flexibility index (Phi) is 7.08.